The largest absolute Gasteiger partial charge is 0.395 e. The molecular formula is C16H21FO3. The monoisotopic (exact) mass is 280 g/mol. The summed E-state index contributed by atoms with van der Waals surface area (Å²) in [5.41, 5.74) is 1.21. The second kappa shape index (κ2) is 10.4. The lowest BCUT2D eigenvalue weighted by Crippen LogP contribution is -2.05. The number of hydrogen-bond acceptors (Lipinski definition) is 3. The van der Waals surface area contributed by atoms with Crippen molar-refractivity contribution in [2.45, 2.75) is 26.4 Å². The second-order valence-electron chi connectivity index (χ2n) is 4.25. The summed E-state index contributed by atoms with van der Waals surface area (Å²) in [7, 11) is 0. The summed E-state index contributed by atoms with van der Waals surface area (Å²) in [4.78, 5) is 0. The van der Waals surface area contributed by atoms with Gasteiger partial charge in [0.1, 0.15) is 5.82 Å². The molecule has 0 radical (unpaired) electrons. The van der Waals surface area contributed by atoms with E-state index < -0.39 is 0 Å². The van der Waals surface area contributed by atoms with Crippen LogP contribution in [0.15, 0.2) is 18.2 Å². The minimum Gasteiger partial charge on any atom is -0.395 e. The summed E-state index contributed by atoms with van der Waals surface area (Å²) in [6.45, 7) is 4.27. The molecule has 0 aliphatic heterocycles. The van der Waals surface area contributed by atoms with E-state index in [0.717, 1.165) is 18.6 Å². The molecule has 0 aliphatic carbocycles. The van der Waals surface area contributed by atoms with Crippen LogP contribution in [0.1, 0.15) is 30.9 Å². The van der Waals surface area contributed by atoms with E-state index in [4.69, 9.17) is 14.6 Å². The van der Waals surface area contributed by atoms with Crippen LogP contribution in [0.3, 0.4) is 0 Å². The molecule has 20 heavy (non-hydrogen) atoms. The standard InChI is InChI=1S/C16H21FO3/c1-2-9-19-10-11-20-13-14-6-7-16(17)15(12-14)5-3-4-8-18/h6-7,12,18H,2,4,8-11,13H2,1H3. The van der Waals surface area contributed by atoms with Crippen molar-refractivity contribution in [2.24, 2.45) is 0 Å². The van der Waals surface area contributed by atoms with E-state index in [1.165, 1.54) is 6.07 Å². The molecule has 0 amide bonds. The summed E-state index contributed by atoms with van der Waals surface area (Å²) in [5.74, 6) is 5.06. The van der Waals surface area contributed by atoms with Crippen molar-refractivity contribution in [3.05, 3.63) is 35.1 Å². The Morgan fingerprint density at radius 2 is 2.00 bits per heavy atom. The van der Waals surface area contributed by atoms with Crippen LogP contribution in [0.25, 0.3) is 0 Å². The molecule has 110 valence electrons. The zero-order valence-corrected chi connectivity index (χ0v) is 11.8. The molecule has 0 atom stereocenters. The summed E-state index contributed by atoms with van der Waals surface area (Å²) >= 11 is 0. The summed E-state index contributed by atoms with van der Waals surface area (Å²) in [6, 6.07) is 4.74. The molecule has 0 aromatic heterocycles. The lowest BCUT2D eigenvalue weighted by molar-refractivity contribution is 0.0408. The molecule has 1 N–H and O–H groups in total. The van der Waals surface area contributed by atoms with Crippen molar-refractivity contribution in [2.75, 3.05) is 26.4 Å². The maximum absolute atomic E-state index is 13.5. The lowest BCUT2D eigenvalue weighted by Gasteiger charge is -2.06. The third-order valence-electron chi connectivity index (χ3n) is 2.48. The number of hydrogen-bond donors (Lipinski definition) is 1. The van der Waals surface area contributed by atoms with E-state index in [0.29, 0.717) is 31.8 Å². The van der Waals surface area contributed by atoms with Crippen LogP contribution in [0.4, 0.5) is 4.39 Å². The molecule has 0 fully saturated rings. The zero-order valence-electron chi connectivity index (χ0n) is 11.8. The van der Waals surface area contributed by atoms with Crippen molar-refractivity contribution in [1.29, 1.82) is 0 Å². The number of halogens is 1. The van der Waals surface area contributed by atoms with Gasteiger partial charge in [0, 0.05) is 13.0 Å². The maximum atomic E-state index is 13.5. The Labute approximate surface area is 119 Å². The fraction of sp³-hybridized carbons (Fsp3) is 0.500. The predicted molar refractivity (Wildman–Crippen MR) is 75.7 cm³/mol. The van der Waals surface area contributed by atoms with Gasteiger partial charge < -0.3 is 14.6 Å². The molecule has 3 nitrogen and oxygen atoms in total. The predicted octanol–water partition coefficient (Wildman–Crippen LogP) is 2.50. The van der Waals surface area contributed by atoms with Crippen LogP contribution in [-0.4, -0.2) is 31.5 Å². The fourth-order valence-electron chi connectivity index (χ4n) is 1.53. The highest BCUT2D eigenvalue weighted by atomic mass is 19.1. The Balaban J connectivity index is 2.43. The summed E-state index contributed by atoms with van der Waals surface area (Å²) < 4.78 is 24.2. The Bertz CT molecular complexity index is 449. The minimum absolute atomic E-state index is 0.0187. The Morgan fingerprint density at radius 1 is 1.20 bits per heavy atom. The van der Waals surface area contributed by atoms with E-state index in [2.05, 4.69) is 18.8 Å². The summed E-state index contributed by atoms with van der Waals surface area (Å²) in [5, 5.41) is 8.64. The lowest BCUT2D eigenvalue weighted by atomic mass is 10.1. The molecule has 1 aromatic rings. The fourth-order valence-corrected chi connectivity index (χ4v) is 1.53. The van der Waals surface area contributed by atoms with Gasteiger partial charge in [-0.15, -0.1) is 0 Å². The van der Waals surface area contributed by atoms with Crippen LogP contribution in [0, 0.1) is 17.7 Å². The smallest absolute Gasteiger partial charge is 0.138 e. The molecule has 1 aromatic carbocycles. The molecule has 4 heteroatoms. The van der Waals surface area contributed by atoms with Gasteiger partial charge in [-0.05, 0) is 24.1 Å². The average molecular weight is 280 g/mol. The Morgan fingerprint density at radius 3 is 2.75 bits per heavy atom. The van der Waals surface area contributed by atoms with Gasteiger partial charge in [0.25, 0.3) is 0 Å². The average Bonchev–Trinajstić information content (AvgIpc) is 2.46. The van der Waals surface area contributed by atoms with E-state index in [-0.39, 0.29) is 12.4 Å². The number of aliphatic hydroxyl groups excluding tert-OH is 1. The van der Waals surface area contributed by atoms with Crippen molar-refractivity contribution >= 4 is 0 Å². The quantitative estimate of drug-likeness (QED) is 0.587. The number of ether oxygens (including phenoxy) is 2. The van der Waals surface area contributed by atoms with Gasteiger partial charge in [0.15, 0.2) is 0 Å². The number of aliphatic hydroxyl groups is 1. The third-order valence-corrected chi connectivity index (χ3v) is 2.48. The van der Waals surface area contributed by atoms with Gasteiger partial charge in [0.05, 0.1) is 32.0 Å². The molecule has 0 aliphatic rings. The summed E-state index contributed by atoms with van der Waals surface area (Å²) in [6.07, 6.45) is 1.34. The molecule has 0 unspecified atom stereocenters. The number of rotatable bonds is 8. The van der Waals surface area contributed by atoms with E-state index >= 15 is 0 Å². The second-order valence-corrected chi connectivity index (χ2v) is 4.25. The van der Waals surface area contributed by atoms with E-state index in [9.17, 15) is 4.39 Å². The van der Waals surface area contributed by atoms with Gasteiger partial charge in [-0.25, -0.2) is 4.39 Å². The highest BCUT2D eigenvalue weighted by Crippen LogP contribution is 2.10. The van der Waals surface area contributed by atoms with Gasteiger partial charge >= 0.3 is 0 Å². The highest BCUT2D eigenvalue weighted by molar-refractivity contribution is 5.38. The maximum Gasteiger partial charge on any atom is 0.138 e. The molecule has 1 rings (SSSR count). The first kappa shape index (κ1) is 16.6. The van der Waals surface area contributed by atoms with Gasteiger partial charge in [-0.3, -0.25) is 0 Å². The first-order valence-corrected chi connectivity index (χ1v) is 6.81. The minimum atomic E-state index is -0.356. The van der Waals surface area contributed by atoms with Gasteiger partial charge in [-0.2, -0.15) is 0 Å². The van der Waals surface area contributed by atoms with Gasteiger partial charge in [-0.1, -0.05) is 24.8 Å². The van der Waals surface area contributed by atoms with Crippen molar-refractivity contribution < 1.29 is 19.0 Å². The molecular weight excluding hydrogens is 259 g/mol. The van der Waals surface area contributed by atoms with Crippen LogP contribution in [-0.2, 0) is 16.1 Å². The molecule has 0 spiro atoms. The van der Waals surface area contributed by atoms with Crippen molar-refractivity contribution in [3.63, 3.8) is 0 Å². The number of benzene rings is 1. The van der Waals surface area contributed by atoms with Crippen molar-refractivity contribution in [1.82, 2.24) is 0 Å². The molecule has 0 saturated heterocycles. The first-order valence-electron chi connectivity index (χ1n) is 6.81. The molecule has 0 heterocycles. The highest BCUT2D eigenvalue weighted by Gasteiger charge is 2.01. The topological polar surface area (TPSA) is 38.7 Å². The van der Waals surface area contributed by atoms with E-state index in [1.807, 2.05) is 0 Å². The van der Waals surface area contributed by atoms with Crippen LogP contribution in [0.2, 0.25) is 0 Å². The van der Waals surface area contributed by atoms with Crippen LogP contribution >= 0.6 is 0 Å². The van der Waals surface area contributed by atoms with Gasteiger partial charge in [0.2, 0.25) is 0 Å². The SMILES string of the molecule is CCCOCCOCc1ccc(F)c(C#CCCO)c1. The van der Waals surface area contributed by atoms with Crippen molar-refractivity contribution in [3.8, 4) is 11.8 Å². The Hall–Kier alpha value is -1.41. The van der Waals surface area contributed by atoms with E-state index in [1.54, 1.807) is 12.1 Å². The van der Waals surface area contributed by atoms with Crippen LogP contribution in [0.5, 0.6) is 0 Å². The van der Waals surface area contributed by atoms with Crippen LogP contribution < -0.4 is 0 Å². The third kappa shape index (κ3) is 6.67. The normalized spacial score (nSPS) is 10.2. The first-order chi connectivity index (χ1) is 9.77. The molecule has 0 saturated carbocycles. The zero-order chi connectivity index (χ0) is 14.6. The Kier molecular flexibility index (Phi) is 8.64. The molecule has 0 bridgehead atoms.